The number of aliphatic hydroxyl groups is 1. The Morgan fingerprint density at radius 3 is 2.58 bits per heavy atom. The summed E-state index contributed by atoms with van der Waals surface area (Å²) in [6.07, 6.45) is 9.70. The molecule has 3 N–H and O–H groups in total. The molecule has 2 saturated carbocycles. The molecule has 0 aromatic rings. The molecule has 3 fully saturated rings. The van der Waals surface area contributed by atoms with Crippen LogP contribution in [0.5, 0.6) is 0 Å². The third kappa shape index (κ3) is 2.95. The van der Waals surface area contributed by atoms with E-state index in [0.717, 1.165) is 32.1 Å². The first-order valence-corrected chi connectivity index (χ1v) is 7.98. The monoisotopic (exact) mass is 266 g/mol. The predicted octanol–water partition coefficient (Wildman–Crippen LogP) is 1.33. The van der Waals surface area contributed by atoms with E-state index in [0.29, 0.717) is 12.0 Å². The van der Waals surface area contributed by atoms with Crippen LogP contribution in [0.3, 0.4) is 0 Å². The maximum Gasteiger partial charge on any atom is 0.237 e. The van der Waals surface area contributed by atoms with E-state index >= 15 is 0 Å². The first-order valence-electron chi connectivity index (χ1n) is 7.98. The maximum absolute atomic E-state index is 12.3. The highest BCUT2D eigenvalue weighted by Gasteiger charge is 2.39. The largest absolute Gasteiger partial charge is 0.391 e. The van der Waals surface area contributed by atoms with E-state index < -0.39 is 0 Å². The SMILES string of the molecule is O=C(NC1CCCCC1O)C1CC2CCCCC2N1. The smallest absolute Gasteiger partial charge is 0.237 e. The standard InChI is InChI=1S/C15H26N2O2/c18-14-8-4-3-7-12(14)17-15(19)13-9-10-5-1-2-6-11(10)16-13/h10-14,16,18H,1-9H2,(H,17,19). The fourth-order valence-corrected chi connectivity index (χ4v) is 4.08. The summed E-state index contributed by atoms with van der Waals surface area (Å²) in [5.41, 5.74) is 0. The number of rotatable bonds is 2. The van der Waals surface area contributed by atoms with E-state index in [-0.39, 0.29) is 24.1 Å². The van der Waals surface area contributed by atoms with Crippen LogP contribution in [-0.2, 0) is 4.79 Å². The van der Waals surface area contributed by atoms with Gasteiger partial charge in [0.1, 0.15) is 0 Å². The van der Waals surface area contributed by atoms with Gasteiger partial charge in [-0.15, -0.1) is 0 Å². The normalized spacial score (nSPS) is 42.7. The fraction of sp³-hybridized carbons (Fsp3) is 0.933. The molecule has 0 radical (unpaired) electrons. The van der Waals surface area contributed by atoms with Crippen molar-refractivity contribution in [1.82, 2.24) is 10.6 Å². The van der Waals surface area contributed by atoms with E-state index in [4.69, 9.17) is 0 Å². The van der Waals surface area contributed by atoms with Gasteiger partial charge in [-0.2, -0.15) is 0 Å². The third-order valence-corrected chi connectivity index (χ3v) is 5.24. The molecular formula is C15H26N2O2. The number of aliphatic hydroxyl groups excluding tert-OH is 1. The van der Waals surface area contributed by atoms with Gasteiger partial charge < -0.3 is 15.7 Å². The Kier molecular flexibility index (Phi) is 4.08. The van der Waals surface area contributed by atoms with Crippen molar-refractivity contribution < 1.29 is 9.90 Å². The molecular weight excluding hydrogens is 240 g/mol. The fourth-order valence-electron chi connectivity index (χ4n) is 4.08. The quantitative estimate of drug-likeness (QED) is 0.706. The van der Waals surface area contributed by atoms with Crippen molar-refractivity contribution in [2.45, 2.75) is 82.0 Å². The molecule has 0 aromatic heterocycles. The van der Waals surface area contributed by atoms with Crippen LogP contribution in [0.25, 0.3) is 0 Å². The number of hydrogen-bond acceptors (Lipinski definition) is 3. The van der Waals surface area contributed by atoms with Crippen molar-refractivity contribution >= 4 is 5.91 Å². The van der Waals surface area contributed by atoms with Crippen molar-refractivity contribution in [1.29, 1.82) is 0 Å². The highest BCUT2D eigenvalue weighted by atomic mass is 16.3. The highest BCUT2D eigenvalue weighted by molar-refractivity contribution is 5.82. The number of fused-ring (bicyclic) bond motifs is 1. The van der Waals surface area contributed by atoms with E-state index in [1.54, 1.807) is 0 Å². The summed E-state index contributed by atoms with van der Waals surface area (Å²) in [5.74, 6) is 0.807. The van der Waals surface area contributed by atoms with Gasteiger partial charge in [0.2, 0.25) is 5.91 Å². The van der Waals surface area contributed by atoms with Gasteiger partial charge in [-0.05, 0) is 38.0 Å². The van der Waals surface area contributed by atoms with Gasteiger partial charge >= 0.3 is 0 Å². The number of amides is 1. The van der Waals surface area contributed by atoms with Crippen molar-refractivity contribution in [3.63, 3.8) is 0 Å². The van der Waals surface area contributed by atoms with Crippen molar-refractivity contribution in [2.24, 2.45) is 5.92 Å². The van der Waals surface area contributed by atoms with Gasteiger partial charge in [-0.1, -0.05) is 25.7 Å². The summed E-state index contributed by atoms with van der Waals surface area (Å²) < 4.78 is 0. The average Bonchev–Trinajstić information content (AvgIpc) is 2.85. The van der Waals surface area contributed by atoms with Crippen molar-refractivity contribution in [3.8, 4) is 0 Å². The minimum Gasteiger partial charge on any atom is -0.391 e. The van der Waals surface area contributed by atoms with Crippen LogP contribution >= 0.6 is 0 Å². The molecule has 2 aliphatic carbocycles. The highest BCUT2D eigenvalue weighted by Crippen LogP contribution is 2.33. The van der Waals surface area contributed by atoms with E-state index in [1.165, 1.54) is 25.7 Å². The Morgan fingerprint density at radius 1 is 1.05 bits per heavy atom. The molecule has 5 atom stereocenters. The van der Waals surface area contributed by atoms with Gasteiger partial charge in [0.15, 0.2) is 0 Å². The molecule has 4 heteroatoms. The van der Waals surface area contributed by atoms with E-state index in [1.807, 2.05) is 0 Å². The molecule has 0 aromatic carbocycles. The Labute approximate surface area is 115 Å². The number of nitrogens with one attached hydrogen (secondary N) is 2. The Morgan fingerprint density at radius 2 is 1.79 bits per heavy atom. The van der Waals surface area contributed by atoms with Crippen molar-refractivity contribution in [3.05, 3.63) is 0 Å². The summed E-state index contributed by atoms with van der Waals surface area (Å²) in [4.78, 5) is 12.3. The second-order valence-electron chi connectivity index (χ2n) is 6.57. The van der Waals surface area contributed by atoms with Crippen LogP contribution in [0.4, 0.5) is 0 Å². The van der Waals surface area contributed by atoms with Crippen molar-refractivity contribution in [2.75, 3.05) is 0 Å². The van der Waals surface area contributed by atoms with Gasteiger partial charge in [-0.3, -0.25) is 4.79 Å². The molecule has 19 heavy (non-hydrogen) atoms. The molecule has 0 spiro atoms. The number of carbonyl (C=O) groups is 1. The lowest BCUT2D eigenvalue weighted by atomic mass is 9.85. The van der Waals surface area contributed by atoms with Crippen LogP contribution in [-0.4, -0.2) is 35.2 Å². The van der Waals surface area contributed by atoms with Crippen LogP contribution in [0.2, 0.25) is 0 Å². The Hall–Kier alpha value is -0.610. The summed E-state index contributed by atoms with van der Waals surface area (Å²) >= 11 is 0. The summed E-state index contributed by atoms with van der Waals surface area (Å²) in [6.45, 7) is 0. The summed E-state index contributed by atoms with van der Waals surface area (Å²) in [5, 5.41) is 16.5. The lowest BCUT2D eigenvalue weighted by Gasteiger charge is -2.29. The zero-order chi connectivity index (χ0) is 13.2. The number of carbonyl (C=O) groups excluding carboxylic acids is 1. The topological polar surface area (TPSA) is 61.4 Å². The molecule has 5 unspecified atom stereocenters. The van der Waals surface area contributed by atoms with E-state index in [2.05, 4.69) is 10.6 Å². The first kappa shape index (κ1) is 13.4. The minimum atomic E-state index is -0.346. The van der Waals surface area contributed by atoms with Crippen LogP contribution in [0.15, 0.2) is 0 Å². The molecule has 4 nitrogen and oxygen atoms in total. The maximum atomic E-state index is 12.3. The third-order valence-electron chi connectivity index (χ3n) is 5.24. The summed E-state index contributed by atoms with van der Waals surface area (Å²) in [7, 11) is 0. The minimum absolute atomic E-state index is 0.0225. The zero-order valence-corrected chi connectivity index (χ0v) is 11.6. The second-order valence-corrected chi connectivity index (χ2v) is 6.57. The Bertz CT molecular complexity index is 320. The van der Waals surface area contributed by atoms with Crippen LogP contribution in [0.1, 0.15) is 57.8 Å². The predicted molar refractivity (Wildman–Crippen MR) is 73.7 cm³/mol. The van der Waals surface area contributed by atoms with Gasteiger partial charge in [0.05, 0.1) is 18.2 Å². The van der Waals surface area contributed by atoms with E-state index in [9.17, 15) is 9.90 Å². The summed E-state index contributed by atoms with van der Waals surface area (Å²) in [6, 6.07) is 0.508. The lowest BCUT2D eigenvalue weighted by molar-refractivity contribution is -0.124. The molecule has 0 bridgehead atoms. The molecule has 108 valence electrons. The van der Waals surface area contributed by atoms with Gasteiger partial charge in [0.25, 0.3) is 0 Å². The Balaban J connectivity index is 1.53. The van der Waals surface area contributed by atoms with Crippen LogP contribution < -0.4 is 10.6 Å². The second kappa shape index (κ2) is 5.80. The molecule has 1 heterocycles. The molecule has 1 amide bonds. The molecule has 3 rings (SSSR count). The average molecular weight is 266 g/mol. The van der Waals surface area contributed by atoms with Gasteiger partial charge in [0, 0.05) is 6.04 Å². The molecule has 3 aliphatic rings. The van der Waals surface area contributed by atoms with Gasteiger partial charge in [-0.25, -0.2) is 0 Å². The lowest BCUT2D eigenvalue weighted by Crippen LogP contribution is -2.51. The van der Waals surface area contributed by atoms with Crippen LogP contribution in [0, 0.1) is 5.92 Å². The first-order chi connectivity index (χ1) is 9.24. The molecule has 1 saturated heterocycles. The zero-order valence-electron chi connectivity index (χ0n) is 11.6. The number of hydrogen-bond donors (Lipinski definition) is 3. The molecule has 1 aliphatic heterocycles.